The molecule has 0 aliphatic heterocycles. The first-order chi connectivity index (χ1) is 11.1. The van der Waals surface area contributed by atoms with E-state index in [0.717, 1.165) is 14.9 Å². The molecule has 0 bridgehead atoms. The average molecular weight is 327 g/mol. The summed E-state index contributed by atoms with van der Waals surface area (Å²) in [6, 6.07) is 10.7. The molecule has 0 amide bonds. The molecule has 7 nitrogen and oxygen atoms in total. The van der Waals surface area contributed by atoms with E-state index in [4.69, 9.17) is 0 Å². The summed E-state index contributed by atoms with van der Waals surface area (Å²) in [6.45, 7) is 1.96. The maximum atomic E-state index is 12.2. The van der Waals surface area contributed by atoms with Crippen LogP contribution in [0.4, 0.5) is 0 Å². The van der Waals surface area contributed by atoms with Crippen molar-refractivity contribution in [1.29, 1.82) is 0 Å². The fourth-order valence-electron chi connectivity index (χ4n) is 1.86. The maximum absolute atomic E-state index is 12.2. The van der Waals surface area contributed by atoms with Gasteiger partial charge in [0, 0.05) is 17.4 Å². The molecule has 2 aromatic heterocycles. The van der Waals surface area contributed by atoms with Gasteiger partial charge in [-0.2, -0.15) is 9.36 Å². The van der Waals surface area contributed by atoms with Crippen LogP contribution in [0.5, 0.6) is 0 Å². The largest absolute Gasteiger partial charge is 0.607 e. The number of hydrogen-bond donors (Lipinski definition) is 0. The molecule has 0 saturated carbocycles. The molecule has 0 saturated heterocycles. The third-order valence-corrected chi connectivity index (χ3v) is 4.18. The number of tetrazole rings is 1. The lowest BCUT2D eigenvalue weighted by Crippen LogP contribution is -2.21. The van der Waals surface area contributed by atoms with Gasteiger partial charge >= 0.3 is 5.69 Å². The smallest absolute Gasteiger partial charge is 0.372 e. The van der Waals surface area contributed by atoms with Crippen LogP contribution < -0.4 is 5.69 Å². The van der Waals surface area contributed by atoms with Crippen molar-refractivity contribution in [2.45, 2.75) is 11.8 Å². The van der Waals surface area contributed by atoms with Gasteiger partial charge in [0.25, 0.3) is 0 Å². The van der Waals surface area contributed by atoms with Crippen molar-refractivity contribution >= 4 is 17.4 Å². The summed E-state index contributed by atoms with van der Waals surface area (Å²) in [4.78, 5) is 16.8. The Kier molecular flexibility index (Phi) is 4.35. The van der Waals surface area contributed by atoms with Crippen molar-refractivity contribution in [3.63, 3.8) is 0 Å². The van der Waals surface area contributed by atoms with Crippen LogP contribution in [0, 0.1) is 6.92 Å². The highest BCUT2D eigenvalue weighted by atomic mass is 32.2. The molecule has 0 N–H and O–H groups in total. The second-order valence-corrected chi connectivity index (χ2v) is 6.06. The molecule has 8 heteroatoms. The van der Waals surface area contributed by atoms with Gasteiger partial charge in [-0.15, -0.1) is 0 Å². The van der Waals surface area contributed by atoms with E-state index in [0.29, 0.717) is 10.6 Å². The Bertz CT molecular complexity index is 871. The van der Waals surface area contributed by atoms with Crippen LogP contribution in [0.2, 0.25) is 0 Å². The highest BCUT2D eigenvalue weighted by Gasteiger charge is 2.10. The molecule has 116 valence electrons. The normalized spacial score (nSPS) is 12.6. The van der Waals surface area contributed by atoms with Crippen molar-refractivity contribution in [3.8, 4) is 5.69 Å². The summed E-state index contributed by atoms with van der Waals surface area (Å²) < 4.78 is 14.3. The molecule has 23 heavy (non-hydrogen) atoms. The third-order valence-electron chi connectivity index (χ3n) is 3.07. The minimum Gasteiger partial charge on any atom is -0.607 e. The van der Waals surface area contributed by atoms with Gasteiger partial charge in [-0.1, -0.05) is 17.7 Å². The molecule has 0 radical (unpaired) electrons. The monoisotopic (exact) mass is 327 g/mol. The molecule has 1 unspecified atom stereocenters. The number of rotatable bonds is 4. The maximum Gasteiger partial charge on any atom is 0.372 e. The summed E-state index contributed by atoms with van der Waals surface area (Å²) in [7, 11) is 0. The zero-order valence-electron chi connectivity index (χ0n) is 12.2. The first-order valence-corrected chi connectivity index (χ1v) is 7.97. The molecule has 0 fully saturated rings. The third kappa shape index (κ3) is 3.38. The topological polar surface area (TPSA) is 88.7 Å². The molecule has 1 atom stereocenters. The Morgan fingerprint density at radius 1 is 1.17 bits per heavy atom. The van der Waals surface area contributed by atoms with Crippen LogP contribution in [0.3, 0.4) is 0 Å². The number of aryl methyl sites for hydroxylation is 1. The fraction of sp³-hybridized carbons (Fsp3) is 0.0667. The van der Waals surface area contributed by atoms with Gasteiger partial charge in [-0.05, 0) is 41.6 Å². The van der Waals surface area contributed by atoms with Gasteiger partial charge in [0.05, 0.1) is 18.1 Å². The first-order valence-electron chi connectivity index (χ1n) is 6.75. The molecular formula is C15H13N5O2S. The van der Waals surface area contributed by atoms with E-state index < -0.39 is 16.9 Å². The van der Waals surface area contributed by atoms with E-state index in [1.807, 2.05) is 19.1 Å². The molecule has 0 aliphatic rings. The molecule has 3 aromatic rings. The molecule has 0 spiro atoms. The van der Waals surface area contributed by atoms with Crippen LogP contribution in [0.15, 0.2) is 63.9 Å². The zero-order valence-corrected chi connectivity index (χ0v) is 13.1. The van der Waals surface area contributed by atoms with E-state index in [-0.39, 0.29) is 0 Å². The summed E-state index contributed by atoms with van der Waals surface area (Å²) in [5, 5.41) is 8.91. The van der Waals surface area contributed by atoms with E-state index in [9.17, 15) is 9.35 Å². The van der Waals surface area contributed by atoms with E-state index in [1.54, 1.807) is 30.5 Å². The summed E-state index contributed by atoms with van der Waals surface area (Å²) in [5.74, 6) is 0. The van der Waals surface area contributed by atoms with Crippen LogP contribution in [0.1, 0.15) is 5.56 Å². The SMILES string of the molecule is Cc1ccc([S+]([O-])/C=C/n2nnn(-c3cccnc3)c2=O)cc1. The summed E-state index contributed by atoms with van der Waals surface area (Å²) >= 11 is -1.37. The van der Waals surface area contributed by atoms with Gasteiger partial charge < -0.3 is 4.55 Å². The van der Waals surface area contributed by atoms with Gasteiger partial charge in [0.2, 0.25) is 0 Å². The Balaban J connectivity index is 1.82. The van der Waals surface area contributed by atoms with Crippen molar-refractivity contribution < 1.29 is 4.55 Å². The Morgan fingerprint density at radius 3 is 2.65 bits per heavy atom. The number of hydrogen-bond acceptors (Lipinski definition) is 5. The zero-order chi connectivity index (χ0) is 16.2. The van der Waals surface area contributed by atoms with Gasteiger partial charge in [-0.3, -0.25) is 4.98 Å². The second-order valence-electron chi connectivity index (χ2n) is 4.72. The highest BCUT2D eigenvalue weighted by molar-refractivity contribution is 7.94. The van der Waals surface area contributed by atoms with Gasteiger partial charge in [-0.25, -0.2) is 4.79 Å². The molecular weight excluding hydrogens is 314 g/mol. The first kappa shape index (κ1) is 15.2. The highest BCUT2D eigenvalue weighted by Crippen LogP contribution is 2.13. The minimum atomic E-state index is -1.37. The van der Waals surface area contributed by atoms with Crippen LogP contribution in [-0.4, -0.2) is 29.3 Å². The summed E-state index contributed by atoms with van der Waals surface area (Å²) in [5.41, 5.74) is 1.14. The molecule has 0 aliphatic carbocycles. The number of nitrogens with zero attached hydrogens (tertiary/aromatic N) is 5. The number of aromatic nitrogens is 5. The van der Waals surface area contributed by atoms with Crippen molar-refractivity contribution in [3.05, 3.63) is 70.2 Å². The Labute approximate surface area is 135 Å². The second kappa shape index (κ2) is 6.59. The standard InChI is InChI=1S/C15H13N5O2S/c1-12-4-6-14(7-5-12)23(22)10-9-19-15(21)20(18-17-19)13-3-2-8-16-11-13/h2-11H,1H3/b10-9+. The van der Waals surface area contributed by atoms with Crippen molar-refractivity contribution in [2.24, 2.45) is 0 Å². The van der Waals surface area contributed by atoms with Crippen molar-refractivity contribution in [2.75, 3.05) is 0 Å². The molecule has 3 rings (SSSR count). The van der Waals surface area contributed by atoms with Crippen molar-refractivity contribution in [1.82, 2.24) is 24.8 Å². The number of benzene rings is 1. The van der Waals surface area contributed by atoms with Crippen LogP contribution in [-0.2, 0) is 11.2 Å². The van der Waals surface area contributed by atoms with E-state index in [2.05, 4.69) is 15.4 Å². The van der Waals surface area contributed by atoms with Crippen LogP contribution >= 0.6 is 0 Å². The van der Waals surface area contributed by atoms with Crippen LogP contribution in [0.25, 0.3) is 11.9 Å². The quantitative estimate of drug-likeness (QED) is 0.675. The number of pyridine rings is 1. The van der Waals surface area contributed by atoms with Gasteiger partial charge in [0.15, 0.2) is 4.90 Å². The summed E-state index contributed by atoms with van der Waals surface area (Å²) in [6.07, 6.45) is 4.45. The van der Waals surface area contributed by atoms with E-state index >= 15 is 0 Å². The lowest BCUT2D eigenvalue weighted by atomic mass is 10.2. The minimum absolute atomic E-state index is 0.463. The molecule has 2 heterocycles. The Morgan fingerprint density at radius 2 is 1.96 bits per heavy atom. The fourth-order valence-corrected chi connectivity index (χ4v) is 2.64. The lowest BCUT2D eigenvalue weighted by Gasteiger charge is -2.04. The molecule has 1 aromatic carbocycles. The average Bonchev–Trinajstić information content (AvgIpc) is 2.95. The predicted molar refractivity (Wildman–Crippen MR) is 86.3 cm³/mol. The van der Waals surface area contributed by atoms with Gasteiger partial charge in [0.1, 0.15) is 5.41 Å². The predicted octanol–water partition coefficient (Wildman–Crippen LogP) is 1.37. The van der Waals surface area contributed by atoms with E-state index in [1.165, 1.54) is 17.8 Å². The Hall–Kier alpha value is -2.71. The lowest BCUT2D eigenvalue weighted by molar-refractivity contribution is 0.603.